The topological polar surface area (TPSA) is 47.0 Å². The summed E-state index contributed by atoms with van der Waals surface area (Å²) in [5.41, 5.74) is 2.81. The van der Waals surface area contributed by atoms with Gasteiger partial charge in [-0.25, -0.2) is 9.97 Å². The largest absolute Gasteiger partial charge is 0.376 e. The van der Waals surface area contributed by atoms with Gasteiger partial charge in [0, 0.05) is 6.54 Å². The van der Waals surface area contributed by atoms with E-state index in [-0.39, 0.29) is 0 Å². The van der Waals surface area contributed by atoms with Crippen molar-refractivity contribution in [3.63, 3.8) is 0 Å². The van der Waals surface area contributed by atoms with Gasteiger partial charge in [0.2, 0.25) is 0 Å². The minimum Gasteiger partial charge on any atom is -0.376 e. The molecule has 112 valence electrons. The summed E-state index contributed by atoms with van der Waals surface area (Å²) in [6, 6.07) is 7.96. The van der Waals surface area contributed by atoms with Crippen LogP contribution < -0.4 is 5.32 Å². The number of para-hydroxylation sites is 2. The molecule has 21 heavy (non-hydrogen) atoms. The summed E-state index contributed by atoms with van der Waals surface area (Å²) < 4.78 is 5.92. The molecule has 4 heteroatoms. The number of aryl methyl sites for hydroxylation is 1. The van der Waals surface area contributed by atoms with Gasteiger partial charge in [0.05, 0.1) is 29.4 Å². The van der Waals surface area contributed by atoms with Crippen LogP contribution in [-0.4, -0.2) is 29.2 Å². The van der Waals surface area contributed by atoms with Gasteiger partial charge in [0.15, 0.2) is 0 Å². The fraction of sp³-hybridized carbons (Fsp3) is 0.529. The number of aromatic nitrogens is 2. The minimum absolute atomic E-state index is 0.462. The molecular weight excluding hydrogens is 262 g/mol. The molecule has 0 bridgehead atoms. The van der Waals surface area contributed by atoms with Gasteiger partial charge in [-0.2, -0.15) is 0 Å². The molecule has 0 unspecified atom stereocenters. The third kappa shape index (κ3) is 3.70. The Labute approximate surface area is 125 Å². The number of hydrogen-bond acceptors (Lipinski definition) is 4. The maximum atomic E-state index is 5.92. The van der Waals surface area contributed by atoms with Crippen LogP contribution in [0.2, 0.25) is 0 Å². The highest BCUT2D eigenvalue weighted by molar-refractivity contribution is 5.76. The van der Waals surface area contributed by atoms with Crippen LogP contribution in [-0.2, 0) is 4.74 Å². The Bertz CT molecular complexity index is 594. The lowest BCUT2D eigenvalue weighted by molar-refractivity contribution is 0.0347. The van der Waals surface area contributed by atoms with Gasteiger partial charge in [0.1, 0.15) is 5.82 Å². The van der Waals surface area contributed by atoms with E-state index in [9.17, 15) is 0 Å². The normalized spacial score (nSPS) is 16.2. The van der Waals surface area contributed by atoms with Gasteiger partial charge in [0.25, 0.3) is 0 Å². The van der Waals surface area contributed by atoms with E-state index in [1.54, 1.807) is 0 Å². The average molecular weight is 285 g/mol. The second-order valence-electron chi connectivity index (χ2n) is 5.70. The van der Waals surface area contributed by atoms with E-state index in [1.807, 2.05) is 31.2 Å². The summed E-state index contributed by atoms with van der Waals surface area (Å²) in [6.45, 7) is 3.51. The van der Waals surface area contributed by atoms with E-state index < -0.39 is 0 Å². The fourth-order valence-electron chi connectivity index (χ4n) is 2.88. The Morgan fingerprint density at radius 3 is 2.57 bits per heavy atom. The molecule has 1 aromatic carbocycles. The van der Waals surface area contributed by atoms with Crippen molar-refractivity contribution >= 4 is 16.9 Å². The second-order valence-corrected chi connectivity index (χ2v) is 5.70. The molecule has 1 N–H and O–H groups in total. The standard InChI is InChI=1S/C17H23N3O/c1-13-17(20-16-10-6-5-9-15(16)19-13)18-11-12-21-14-7-3-2-4-8-14/h5-6,9-10,14H,2-4,7-8,11-12H2,1H3,(H,18,20). The van der Waals surface area contributed by atoms with Crippen molar-refractivity contribution in [3.05, 3.63) is 30.0 Å². The van der Waals surface area contributed by atoms with Crippen molar-refractivity contribution in [2.45, 2.75) is 45.1 Å². The molecule has 0 radical (unpaired) electrons. The Balaban J connectivity index is 1.53. The van der Waals surface area contributed by atoms with Crippen LogP contribution in [0, 0.1) is 6.92 Å². The first-order valence-electron chi connectivity index (χ1n) is 7.92. The van der Waals surface area contributed by atoms with Crippen molar-refractivity contribution in [3.8, 4) is 0 Å². The number of anilines is 1. The third-order valence-electron chi connectivity index (χ3n) is 4.05. The third-order valence-corrected chi connectivity index (χ3v) is 4.05. The smallest absolute Gasteiger partial charge is 0.148 e. The average Bonchev–Trinajstić information content (AvgIpc) is 2.53. The van der Waals surface area contributed by atoms with Gasteiger partial charge in [-0.05, 0) is 31.9 Å². The zero-order valence-corrected chi connectivity index (χ0v) is 12.6. The van der Waals surface area contributed by atoms with E-state index in [0.29, 0.717) is 6.10 Å². The van der Waals surface area contributed by atoms with Crippen molar-refractivity contribution in [1.29, 1.82) is 0 Å². The lowest BCUT2D eigenvalue weighted by atomic mass is 9.98. The zero-order valence-electron chi connectivity index (χ0n) is 12.6. The molecule has 1 aliphatic rings. The van der Waals surface area contributed by atoms with Gasteiger partial charge >= 0.3 is 0 Å². The summed E-state index contributed by atoms with van der Waals surface area (Å²) in [7, 11) is 0. The van der Waals surface area contributed by atoms with Crippen LogP contribution >= 0.6 is 0 Å². The molecule has 1 aliphatic carbocycles. The van der Waals surface area contributed by atoms with Crippen LogP contribution in [0.15, 0.2) is 24.3 Å². The highest BCUT2D eigenvalue weighted by Crippen LogP contribution is 2.20. The van der Waals surface area contributed by atoms with E-state index in [1.165, 1.54) is 32.1 Å². The number of fused-ring (bicyclic) bond motifs is 1. The Kier molecular flexibility index (Phi) is 4.65. The van der Waals surface area contributed by atoms with E-state index in [2.05, 4.69) is 15.3 Å². The first kappa shape index (κ1) is 14.3. The van der Waals surface area contributed by atoms with Crippen molar-refractivity contribution in [2.75, 3.05) is 18.5 Å². The maximum Gasteiger partial charge on any atom is 0.148 e. The predicted molar refractivity (Wildman–Crippen MR) is 85.6 cm³/mol. The molecule has 0 atom stereocenters. The molecule has 1 saturated carbocycles. The molecule has 1 fully saturated rings. The number of benzene rings is 1. The molecule has 4 nitrogen and oxygen atoms in total. The number of nitrogens with one attached hydrogen (secondary N) is 1. The van der Waals surface area contributed by atoms with Crippen LogP contribution in [0.25, 0.3) is 11.0 Å². The Hall–Kier alpha value is -1.68. The maximum absolute atomic E-state index is 5.92. The first-order valence-corrected chi connectivity index (χ1v) is 7.92. The SMILES string of the molecule is Cc1nc2ccccc2nc1NCCOC1CCCCC1. The minimum atomic E-state index is 0.462. The molecule has 0 amide bonds. The first-order chi connectivity index (χ1) is 10.3. The summed E-state index contributed by atoms with van der Waals surface area (Å²) in [6.07, 6.45) is 6.89. The number of rotatable bonds is 5. The fourth-order valence-corrected chi connectivity index (χ4v) is 2.88. The van der Waals surface area contributed by atoms with Gasteiger partial charge in [-0.1, -0.05) is 31.4 Å². The van der Waals surface area contributed by atoms with E-state index >= 15 is 0 Å². The lowest BCUT2D eigenvalue weighted by Gasteiger charge is -2.22. The quantitative estimate of drug-likeness (QED) is 0.851. The van der Waals surface area contributed by atoms with Crippen LogP contribution in [0.4, 0.5) is 5.82 Å². The highest BCUT2D eigenvalue weighted by atomic mass is 16.5. The zero-order chi connectivity index (χ0) is 14.5. The second kappa shape index (κ2) is 6.85. The molecule has 0 spiro atoms. The van der Waals surface area contributed by atoms with Crippen molar-refractivity contribution < 1.29 is 4.74 Å². The predicted octanol–water partition coefficient (Wildman–Crippen LogP) is 3.70. The lowest BCUT2D eigenvalue weighted by Crippen LogP contribution is -2.21. The van der Waals surface area contributed by atoms with Gasteiger partial charge in [-0.15, -0.1) is 0 Å². The monoisotopic (exact) mass is 285 g/mol. The van der Waals surface area contributed by atoms with Crippen LogP contribution in [0.5, 0.6) is 0 Å². The molecule has 0 saturated heterocycles. The molecule has 1 heterocycles. The van der Waals surface area contributed by atoms with E-state index in [4.69, 9.17) is 4.74 Å². The number of nitrogens with zero attached hydrogens (tertiary/aromatic N) is 2. The van der Waals surface area contributed by atoms with Crippen molar-refractivity contribution in [1.82, 2.24) is 9.97 Å². The Morgan fingerprint density at radius 2 is 1.81 bits per heavy atom. The van der Waals surface area contributed by atoms with Gasteiger partial charge in [-0.3, -0.25) is 0 Å². The summed E-state index contributed by atoms with van der Waals surface area (Å²) in [4.78, 5) is 9.21. The molecular formula is C17H23N3O. The van der Waals surface area contributed by atoms with E-state index in [0.717, 1.165) is 35.7 Å². The number of ether oxygens (including phenoxy) is 1. The highest BCUT2D eigenvalue weighted by Gasteiger charge is 2.13. The Morgan fingerprint density at radius 1 is 1.10 bits per heavy atom. The van der Waals surface area contributed by atoms with Crippen molar-refractivity contribution in [2.24, 2.45) is 0 Å². The molecule has 3 rings (SSSR count). The van der Waals surface area contributed by atoms with Crippen LogP contribution in [0.3, 0.4) is 0 Å². The number of hydrogen-bond donors (Lipinski definition) is 1. The van der Waals surface area contributed by atoms with Gasteiger partial charge < -0.3 is 10.1 Å². The van der Waals surface area contributed by atoms with Crippen LogP contribution in [0.1, 0.15) is 37.8 Å². The summed E-state index contributed by atoms with van der Waals surface area (Å²) in [5.74, 6) is 0.862. The molecule has 1 aromatic heterocycles. The molecule has 0 aliphatic heterocycles. The molecule has 2 aromatic rings. The summed E-state index contributed by atoms with van der Waals surface area (Å²) in [5, 5.41) is 3.35. The summed E-state index contributed by atoms with van der Waals surface area (Å²) >= 11 is 0.